The Balaban J connectivity index is 1.57. The van der Waals surface area contributed by atoms with Crippen LogP contribution < -0.4 is 4.74 Å². The van der Waals surface area contributed by atoms with Crippen LogP contribution in [-0.2, 0) is 4.79 Å². The van der Waals surface area contributed by atoms with E-state index in [1.54, 1.807) is 12.2 Å². The molecule has 1 saturated heterocycles. The smallest absolute Gasteiger partial charge is 0.246 e. The van der Waals surface area contributed by atoms with Crippen LogP contribution in [-0.4, -0.2) is 36.3 Å². The largest absolute Gasteiger partial charge is 0.493 e. The minimum absolute atomic E-state index is 0.000824. The van der Waals surface area contributed by atoms with E-state index >= 15 is 0 Å². The second-order valence-corrected chi connectivity index (χ2v) is 6.63. The van der Waals surface area contributed by atoms with E-state index in [0.717, 1.165) is 16.9 Å². The number of carbonyl (C=O) groups is 2. The Morgan fingerprint density at radius 2 is 1.70 bits per heavy atom. The number of ketones is 1. The topological polar surface area (TPSA) is 46.6 Å². The van der Waals surface area contributed by atoms with E-state index in [9.17, 15) is 9.59 Å². The summed E-state index contributed by atoms with van der Waals surface area (Å²) in [7, 11) is 0. The monoisotopic (exact) mass is 363 g/mol. The normalized spacial score (nSPS) is 15.1. The fourth-order valence-electron chi connectivity index (χ4n) is 3.37. The summed E-state index contributed by atoms with van der Waals surface area (Å²) in [6.07, 6.45) is 4.82. The number of nitrogens with zero attached hydrogens (tertiary/aromatic N) is 1. The average molecular weight is 363 g/mol. The second kappa shape index (κ2) is 9.17. The molecule has 0 saturated carbocycles. The van der Waals surface area contributed by atoms with Crippen LogP contribution in [0.2, 0.25) is 0 Å². The molecule has 2 aromatic rings. The summed E-state index contributed by atoms with van der Waals surface area (Å²) in [5.74, 6) is 0.936. The van der Waals surface area contributed by atoms with E-state index in [-0.39, 0.29) is 17.6 Å². The molecule has 2 aromatic carbocycles. The molecule has 4 nitrogen and oxygen atoms in total. The first-order valence-corrected chi connectivity index (χ1v) is 9.47. The molecular formula is C23H25NO3. The number of Topliss-reactive ketones (excluding diaryl/α,β-unsaturated/α-hetero) is 1. The average Bonchev–Trinajstić information content (AvgIpc) is 2.73. The van der Waals surface area contributed by atoms with E-state index in [1.165, 1.54) is 0 Å². The van der Waals surface area contributed by atoms with Gasteiger partial charge in [-0.2, -0.15) is 0 Å². The molecule has 1 amide bonds. The van der Waals surface area contributed by atoms with Crippen molar-refractivity contribution < 1.29 is 14.3 Å². The molecule has 1 aliphatic heterocycles. The van der Waals surface area contributed by atoms with E-state index in [1.807, 2.05) is 66.4 Å². The number of benzene rings is 2. The fourth-order valence-corrected chi connectivity index (χ4v) is 3.37. The van der Waals surface area contributed by atoms with Crippen LogP contribution in [0.25, 0.3) is 6.08 Å². The van der Waals surface area contributed by atoms with Gasteiger partial charge in [-0.05, 0) is 31.9 Å². The predicted octanol–water partition coefficient (Wildman–Crippen LogP) is 4.22. The highest BCUT2D eigenvalue weighted by Crippen LogP contribution is 2.23. The molecule has 1 aliphatic rings. The van der Waals surface area contributed by atoms with Crippen molar-refractivity contribution >= 4 is 17.8 Å². The first-order chi connectivity index (χ1) is 13.2. The zero-order valence-corrected chi connectivity index (χ0v) is 15.6. The number of hydrogen-bond acceptors (Lipinski definition) is 3. The van der Waals surface area contributed by atoms with Crippen LogP contribution in [0, 0.1) is 5.92 Å². The summed E-state index contributed by atoms with van der Waals surface area (Å²) >= 11 is 0. The summed E-state index contributed by atoms with van der Waals surface area (Å²) in [4.78, 5) is 26.9. The molecule has 0 bridgehead atoms. The summed E-state index contributed by atoms with van der Waals surface area (Å²) in [6.45, 7) is 3.74. The van der Waals surface area contributed by atoms with Gasteiger partial charge in [-0.3, -0.25) is 9.59 Å². The molecule has 1 heterocycles. The van der Waals surface area contributed by atoms with Crippen LogP contribution in [0.4, 0.5) is 0 Å². The van der Waals surface area contributed by atoms with Gasteiger partial charge in [-0.1, -0.05) is 48.5 Å². The minimum atomic E-state index is -0.0214. The standard InChI is InChI=1S/C23H25NO3/c1-2-27-21-11-7-6-8-18(21)12-13-22(25)24-16-14-20(15-17-24)23(26)19-9-4-3-5-10-19/h3-13,20H,2,14-17H2,1H3/b13-12+. The van der Waals surface area contributed by atoms with Crippen molar-refractivity contribution in [2.75, 3.05) is 19.7 Å². The van der Waals surface area contributed by atoms with Crippen molar-refractivity contribution in [3.63, 3.8) is 0 Å². The van der Waals surface area contributed by atoms with E-state index in [0.29, 0.717) is 32.5 Å². The molecule has 0 spiro atoms. The quantitative estimate of drug-likeness (QED) is 0.570. The zero-order valence-electron chi connectivity index (χ0n) is 15.6. The van der Waals surface area contributed by atoms with Crippen molar-refractivity contribution in [2.24, 2.45) is 5.92 Å². The van der Waals surface area contributed by atoms with Crippen LogP contribution >= 0.6 is 0 Å². The van der Waals surface area contributed by atoms with E-state index in [2.05, 4.69) is 0 Å². The molecular weight excluding hydrogens is 338 g/mol. The molecule has 0 atom stereocenters. The maximum absolute atomic E-state index is 12.6. The summed E-state index contributed by atoms with van der Waals surface area (Å²) in [5.41, 5.74) is 1.65. The number of carbonyl (C=O) groups excluding carboxylic acids is 2. The number of ether oxygens (including phenoxy) is 1. The van der Waals surface area contributed by atoms with Gasteiger partial charge in [-0.15, -0.1) is 0 Å². The Morgan fingerprint density at radius 1 is 1.04 bits per heavy atom. The van der Waals surface area contributed by atoms with Crippen molar-refractivity contribution in [2.45, 2.75) is 19.8 Å². The SMILES string of the molecule is CCOc1ccccc1/C=C/C(=O)N1CCC(C(=O)c2ccccc2)CC1. The Bertz CT molecular complexity index is 805. The highest BCUT2D eigenvalue weighted by atomic mass is 16.5. The minimum Gasteiger partial charge on any atom is -0.493 e. The summed E-state index contributed by atoms with van der Waals surface area (Å²) < 4.78 is 5.58. The third-order valence-electron chi connectivity index (χ3n) is 4.86. The lowest BCUT2D eigenvalue weighted by Gasteiger charge is -2.30. The lowest BCUT2D eigenvalue weighted by atomic mass is 9.89. The van der Waals surface area contributed by atoms with Gasteiger partial charge in [-0.25, -0.2) is 0 Å². The van der Waals surface area contributed by atoms with Gasteiger partial charge in [0.2, 0.25) is 5.91 Å². The molecule has 140 valence electrons. The van der Waals surface area contributed by atoms with Gasteiger partial charge in [0, 0.05) is 36.2 Å². The molecule has 4 heteroatoms. The van der Waals surface area contributed by atoms with Gasteiger partial charge in [0.05, 0.1) is 6.61 Å². The predicted molar refractivity (Wildman–Crippen MR) is 107 cm³/mol. The molecule has 0 unspecified atom stereocenters. The molecule has 0 aliphatic carbocycles. The third kappa shape index (κ3) is 4.85. The Kier molecular flexibility index (Phi) is 6.42. The lowest BCUT2D eigenvalue weighted by molar-refractivity contribution is -0.127. The Hall–Kier alpha value is -2.88. The number of rotatable bonds is 6. The maximum Gasteiger partial charge on any atom is 0.246 e. The van der Waals surface area contributed by atoms with Crippen LogP contribution in [0.1, 0.15) is 35.7 Å². The lowest BCUT2D eigenvalue weighted by Crippen LogP contribution is -2.39. The zero-order chi connectivity index (χ0) is 19.1. The maximum atomic E-state index is 12.6. The first kappa shape index (κ1) is 18.9. The summed E-state index contributed by atoms with van der Waals surface area (Å²) in [5, 5.41) is 0. The fraction of sp³-hybridized carbons (Fsp3) is 0.304. The summed E-state index contributed by atoms with van der Waals surface area (Å²) in [6, 6.07) is 17.1. The van der Waals surface area contributed by atoms with Crippen LogP contribution in [0.3, 0.4) is 0 Å². The second-order valence-electron chi connectivity index (χ2n) is 6.63. The Labute approximate surface area is 160 Å². The van der Waals surface area contributed by atoms with Crippen LogP contribution in [0.15, 0.2) is 60.7 Å². The van der Waals surface area contributed by atoms with Crippen molar-refractivity contribution in [1.82, 2.24) is 4.90 Å². The first-order valence-electron chi connectivity index (χ1n) is 9.47. The van der Waals surface area contributed by atoms with E-state index < -0.39 is 0 Å². The molecule has 0 radical (unpaired) electrons. The van der Waals surface area contributed by atoms with Crippen molar-refractivity contribution in [1.29, 1.82) is 0 Å². The van der Waals surface area contributed by atoms with E-state index in [4.69, 9.17) is 4.74 Å². The highest BCUT2D eigenvalue weighted by molar-refractivity contribution is 5.98. The molecule has 27 heavy (non-hydrogen) atoms. The van der Waals surface area contributed by atoms with Gasteiger partial charge in [0.1, 0.15) is 5.75 Å². The molecule has 0 N–H and O–H groups in total. The number of para-hydroxylation sites is 1. The molecule has 3 rings (SSSR count). The number of hydrogen-bond donors (Lipinski definition) is 0. The van der Waals surface area contributed by atoms with Gasteiger partial charge < -0.3 is 9.64 Å². The molecule has 1 fully saturated rings. The molecule has 0 aromatic heterocycles. The van der Waals surface area contributed by atoms with Gasteiger partial charge >= 0.3 is 0 Å². The van der Waals surface area contributed by atoms with Gasteiger partial charge in [0.15, 0.2) is 5.78 Å². The number of amides is 1. The van der Waals surface area contributed by atoms with Crippen molar-refractivity contribution in [3.8, 4) is 5.75 Å². The highest BCUT2D eigenvalue weighted by Gasteiger charge is 2.27. The van der Waals surface area contributed by atoms with Gasteiger partial charge in [0.25, 0.3) is 0 Å². The van der Waals surface area contributed by atoms with Crippen LogP contribution in [0.5, 0.6) is 5.75 Å². The van der Waals surface area contributed by atoms with Crippen molar-refractivity contribution in [3.05, 3.63) is 71.8 Å². The Morgan fingerprint density at radius 3 is 2.41 bits per heavy atom. The number of piperidine rings is 1. The third-order valence-corrected chi connectivity index (χ3v) is 4.86. The number of likely N-dealkylation sites (tertiary alicyclic amines) is 1.